The van der Waals surface area contributed by atoms with E-state index in [1.807, 2.05) is 13.0 Å². The standard InChI is InChI=1S/C13H19FN2O/c1-13(17)2-4-16(5-3-13)12-7-10(9-15)6-11(14)8-12/h6-8,17H,2-5,9,15H2,1H3. The minimum atomic E-state index is -0.583. The molecular formula is C13H19FN2O. The van der Waals surface area contributed by atoms with Gasteiger partial charge in [0, 0.05) is 25.3 Å². The zero-order chi connectivity index (χ0) is 12.5. The predicted octanol–water partition coefficient (Wildman–Crippen LogP) is 1.64. The average Bonchev–Trinajstić information content (AvgIpc) is 2.28. The van der Waals surface area contributed by atoms with Crippen LogP contribution in [0.5, 0.6) is 0 Å². The lowest BCUT2D eigenvalue weighted by Crippen LogP contribution is -2.42. The lowest BCUT2D eigenvalue weighted by Gasteiger charge is -2.37. The zero-order valence-corrected chi connectivity index (χ0v) is 10.1. The van der Waals surface area contributed by atoms with E-state index in [1.54, 1.807) is 0 Å². The van der Waals surface area contributed by atoms with Crippen molar-refractivity contribution in [3.05, 3.63) is 29.6 Å². The first-order chi connectivity index (χ1) is 8.00. The summed E-state index contributed by atoms with van der Waals surface area (Å²) in [6.45, 7) is 3.69. The van der Waals surface area contributed by atoms with Crippen LogP contribution in [0.3, 0.4) is 0 Å². The molecule has 0 bridgehead atoms. The molecule has 1 aliphatic heterocycles. The number of anilines is 1. The van der Waals surface area contributed by atoms with Crippen LogP contribution in [0.1, 0.15) is 25.3 Å². The van der Waals surface area contributed by atoms with Gasteiger partial charge in [0.2, 0.25) is 0 Å². The Morgan fingerprint density at radius 3 is 2.59 bits per heavy atom. The first-order valence-electron chi connectivity index (χ1n) is 5.97. The van der Waals surface area contributed by atoms with Crippen molar-refractivity contribution in [2.45, 2.75) is 31.9 Å². The summed E-state index contributed by atoms with van der Waals surface area (Å²) < 4.78 is 13.4. The second kappa shape index (κ2) is 4.63. The number of hydrogen-bond acceptors (Lipinski definition) is 3. The molecule has 1 heterocycles. The largest absolute Gasteiger partial charge is 0.390 e. The van der Waals surface area contributed by atoms with Gasteiger partial charge in [-0.15, -0.1) is 0 Å². The van der Waals surface area contributed by atoms with Crippen LogP contribution in [0.2, 0.25) is 0 Å². The monoisotopic (exact) mass is 238 g/mol. The van der Waals surface area contributed by atoms with Crippen molar-refractivity contribution in [2.24, 2.45) is 5.73 Å². The predicted molar refractivity (Wildman–Crippen MR) is 66.4 cm³/mol. The Bertz CT molecular complexity index is 396. The van der Waals surface area contributed by atoms with Gasteiger partial charge in [0.1, 0.15) is 5.82 Å². The highest BCUT2D eigenvalue weighted by molar-refractivity contribution is 5.49. The molecular weight excluding hydrogens is 219 g/mol. The second-order valence-corrected chi connectivity index (χ2v) is 5.01. The number of hydrogen-bond donors (Lipinski definition) is 2. The van der Waals surface area contributed by atoms with Crippen molar-refractivity contribution in [2.75, 3.05) is 18.0 Å². The summed E-state index contributed by atoms with van der Waals surface area (Å²) in [4.78, 5) is 2.10. The van der Waals surface area contributed by atoms with Crippen molar-refractivity contribution in [3.63, 3.8) is 0 Å². The topological polar surface area (TPSA) is 49.5 Å². The number of nitrogens with two attached hydrogens (primary N) is 1. The highest BCUT2D eigenvalue weighted by Crippen LogP contribution is 2.27. The van der Waals surface area contributed by atoms with Crippen LogP contribution in [0.25, 0.3) is 0 Å². The van der Waals surface area contributed by atoms with Gasteiger partial charge in [-0.05, 0) is 43.5 Å². The second-order valence-electron chi connectivity index (χ2n) is 5.01. The number of halogens is 1. The maximum Gasteiger partial charge on any atom is 0.125 e. The lowest BCUT2D eigenvalue weighted by atomic mass is 9.93. The highest BCUT2D eigenvalue weighted by atomic mass is 19.1. The van der Waals surface area contributed by atoms with Gasteiger partial charge in [-0.25, -0.2) is 4.39 Å². The Balaban J connectivity index is 2.15. The van der Waals surface area contributed by atoms with E-state index >= 15 is 0 Å². The molecule has 0 amide bonds. The van der Waals surface area contributed by atoms with Crippen LogP contribution in [-0.4, -0.2) is 23.8 Å². The van der Waals surface area contributed by atoms with Gasteiger partial charge in [-0.2, -0.15) is 0 Å². The summed E-state index contributed by atoms with van der Waals surface area (Å²) in [5.74, 6) is -0.250. The number of piperidine rings is 1. The molecule has 17 heavy (non-hydrogen) atoms. The van der Waals surface area contributed by atoms with E-state index < -0.39 is 5.60 Å². The van der Waals surface area contributed by atoms with Gasteiger partial charge in [-0.1, -0.05) is 0 Å². The van der Waals surface area contributed by atoms with Crippen molar-refractivity contribution < 1.29 is 9.50 Å². The first kappa shape index (κ1) is 12.3. The van der Waals surface area contributed by atoms with Gasteiger partial charge < -0.3 is 15.7 Å². The van der Waals surface area contributed by atoms with Gasteiger partial charge in [-0.3, -0.25) is 0 Å². The first-order valence-corrected chi connectivity index (χ1v) is 5.97. The molecule has 1 fully saturated rings. The fraction of sp³-hybridized carbons (Fsp3) is 0.538. The minimum Gasteiger partial charge on any atom is -0.390 e. The summed E-state index contributed by atoms with van der Waals surface area (Å²) in [6.07, 6.45) is 1.42. The van der Waals surface area contributed by atoms with Crippen molar-refractivity contribution >= 4 is 5.69 Å². The van der Waals surface area contributed by atoms with Crippen molar-refractivity contribution in [1.29, 1.82) is 0 Å². The summed E-state index contributed by atoms with van der Waals surface area (Å²) in [5, 5.41) is 9.87. The fourth-order valence-electron chi connectivity index (χ4n) is 2.18. The Kier molecular flexibility index (Phi) is 3.35. The molecule has 0 unspecified atom stereocenters. The minimum absolute atomic E-state index is 0.250. The van der Waals surface area contributed by atoms with E-state index in [4.69, 9.17) is 5.73 Å². The van der Waals surface area contributed by atoms with E-state index in [1.165, 1.54) is 12.1 Å². The molecule has 1 aromatic rings. The molecule has 0 aliphatic carbocycles. The highest BCUT2D eigenvalue weighted by Gasteiger charge is 2.27. The van der Waals surface area contributed by atoms with Crippen LogP contribution < -0.4 is 10.6 Å². The number of rotatable bonds is 2. The van der Waals surface area contributed by atoms with Gasteiger partial charge in [0.25, 0.3) is 0 Å². The van der Waals surface area contributed by atoms with E-state index in [-0.39, 0.29) is 5.82 Å². The van der Waals surface area contributed by atoms with Crippen LogP contribution in [0.4, 0.5) is 10.1 Å². The average molecular weight is 238 g/mol. The Labute approximate surface area is 101 Å². The molecule has 1 aliphatic rings. The molecule has 4 heteroatoms. The third-order valence-corrected chi connectivity index (χ3v) is 3.38. The van der Waals surface area contributed by atoms with Gasteiger partial charge >= 0.3 is 0 Å². The third-order valence-electron chi connectivity index (χ3n) is 3.38. The molecule has 0 atom stereocenters. The molecule has 1 saturated heterocycles. The van der Waals surface area contributed by atoms with Crippen LogP contribution in [0, 0.1) is 5.82 Å². The maximum absolute atomic E-state index is 13.4. The normalized spacial score (nSPS) is 19.4. The van der Waals surface area contributed by atoms with Crippen LogP contribution in [0.15, 0.2) is 18.2 Å². The summed E-state index contributed by atoms with van der Waals surface area (Å²) in [5.41, 5.74) is 6.62. The number of benzene rings is 1. The summed E-state index contributed by atoms with van der Waals surface area (Å²) in [6, 6.07) is 4.91. The van der Waals surface area contributed by atoms with Crippen molar-refractivity contribution in [3.8, 4) is 0 Å². The maximum atomic E-state index is 13.4. The number of aliphatic hydroxyl groups is 1. The molecule has 94 valence electrons. The van der Waals surface area contributed by atoms with Gasteiger partial charge in [0.15, 0.2) is 0 Å². The Morgan fingerprint density at radius 2 is 2.00 bits per heavy atom. The molecule has 3 nitrogen and oxygen atoms in total. The van der Waals surface area contributed by atoms with Gasteiger partial charge in [0.05, 0.1) is 5.60 Å². The third kappa shape index (κ3) is 2.96. The van der Waals surface area contributed by atoms with E-state index in [9.17, 15) is 9.50 Å². The molecule has 0 spiro atoms. The fourth-order valence-corrected chi connectivity index (χ4v) is 2.18. The van der Waals surface area contributed by atoms with Crippen LogP contribution in [-0.2, 0) is 6.54 Å². The molecule has 1 aromatic carbocycles. The van der Waals surface area contributed by atoms with Crippen LogP contribution >= 0.6 is 0 Å². The molecule has 0 saturated carbocycles. The lowest BCUT2D eigenvalue weighted by molar-refractivity contribution is 0.0351. The number of nitrogens with zero attached hydrogens (tertiary/aromatic N) is 1. The Hall–Kier alpha value is -1.13. The SMILES string of the molecule is CC1(O)CCN(c2cc(F)cc(CN)c2)CC1. The Morgan fingerprint density at radius 1 is 1.35 bits per heavy atom. The smallest absolute Gasteiger partial charge is 0.125 e. The van der Waals surface area contributed by atoms with E-state index in [0.29, 0.717) is 19.4 Å². The molecule has 0 aromatic heterocycles. The summed E-state index contributed by atoms with van der Waals surface area (Å²) >= 11 is 0. The van der Waals surface area contributed by atoms with E-state index in [2.05, 4.69) is 4.90 Å². The quantitative estimate of drug-likeness (QED) is 0.823. The van der Waals surface area contributed by atoms with Crippen molar-refractivity contribution in [1.82, 2.24) is 0 Å². The summed E-state index contributed by atoms with van der Waals surface area (Å²) in [7, 11) is 0. The molecule has 3 N–H and O–H groups in total. The molecule has 0 radical (unpaired) electrons. The zero-order valence-electron chi connectivity index (χ0n) is 10.1. The van der Waals surface area contributed by atoms with E-state index in [0.717, 1.165) is 24.3 Å². The molecule has 2 rings (SSSR count).